The van der Waals surface area contributed by atoms with Crippen LogP contribution in [0.5, 0.6) is 0 Å². The van der Waals surface area contributed by atoms with Crippen molar-refractivity contribution in [1.29, 1.82) is 0 Å². The number of carboxylic acid groups (broad SMARTS) is 1. The maximum atomic E-state index is 12.6. The molecule has 3 aromatic rings. The Bertz CT molecular complexity index is 1290. The van der Waals surface area contributed by atoms with Gasteiger partial charge in [0.25, 0.3) is 20.0 Å². The van der Waals surface area contributed by atoms with Gasteiger partial charge in [-0.15, -0.1) is 0 Å². The molecule has 0 heterocycles. The molecule has 3 aromatic carbocycles. The second kappa shape index (κ2) is 8.34. The van der Waals surface area contributed by atoms with Crippen LogP contribution in [0.3, 0.4) is 0 Å². The van der Waals surface area contributed by atoms with Crippen LogP contribution in [0.4, 0.5) is 11.4 Å². The molecule has 0 amide bonds. The van der Waals surface area contributed by atoms with Gasteiger partial charge < -0.3 is 5.11 Å². The molecule has 0 aliphatic heterocycles. The minimum absolute atomic E-state index is 0.0243. The van der Waals surface area contributed by atoms with Crippen molar-refractivity contribution in [2.75, 3.05) is 9.44 Å². The Morgan fingerprint density at radius 3 is 1.90 bits per heavy atom. The zero-order valence-corrected chi connectivity index (χ0v) is 17.5. The van der Waals surface area contributed by atoms with Gasteiger partial charge in [-0.3, -0.25) is 9.44 Å². The van der Waals surface area contributed by atoms with E-state index in [1.165, 1.54) is 48.5 Å². The zero-order chi connectivity index (χ0) is 21.9. The SMILES string of the molecule is O=C(O)c1ccc(S(=O)(=O)Nc2cccc(S(=O)(=O)Nc3ccc(Cl)cc3)c2)cc1. The Labute approximate surface area is 178 Å². The Morgan fingerprint density at radius 2 is 1.30 bits per heavy atom. The number of hydrogen-bond donors (Lipinski definition) is 3. The van der Waals surface area contributed by atoms with Crippen molar-refractivity contribution in [2.24, 2.45) is 0 Å². The number of carboxylic acids is 1. The molecule has 30 heavy (non-hydrogen) atoms. The number of carbonyl (C=O) groups is 1. The molecule has 0 radical (unpaired) electrons. The van der Waals surface area contributed by atoms with Gasteiger partial charge in [0.1, 0.15) is 0 Å². The highest BCUT2D eigenvalue weighted by atomic mass is 35.5. The number of anilines is 2. The van der Waals surface area contributed by atoms with E-state index in [1.807, 2.05) is 0 Å². The standard InChI is InChI=1S/C19H15ClN2O6S2/c20-14-6-8-15(9-7-14)21-30(27,28)18-3-1-2-16(12-18)22-29(25,26)17-10-4-13(5-11-17)19(23)24/h1-12,21-22H,(H,23,24). The van der Waals surface area contributed by atoms with Crippen molar-refractivity contribution in [1.82, 2.24) is 0 Å². The number of aromatic carboxylic acids is 1. The summed E-state index contributed by atoms with van der Waals surface area (Å²) in [5, 5.41) is 9.36. The van der Waals surface area contributed by atoms with Gasteiger partial charge in [0.05, 0.1) is 21.0 Å². The van der Waals surface area contributed by atoms with Crippen molar-refractivity contribution in [3.8, 4) is 0 Å². The molecule has 8 nitrogen and oxygen atoms in total. The van der Waals surface area contributed by atoms with Gasteiger partial charge in [-0.05, 0) is 66.7 Å². The van der Waals surface area contributed by atoms with Crippen molar-refractivity contribution < 1.29 is 26.7 Å². The number of sulfonamides is 2. The highest BCUT2D eigenvalue weighted by molar-refractivity contribution is 7.93. The lowest BCUT2D eigenvalue weighted by Crippen LogP contribution is -2.15. The van der Waals surface area contributed by atoms with Crippen LogP contribution < -0.4 is 9.44 Å². The van der Waals surface area contributed by atoms with E-state index in [4.69, 9.17) is 16.7 Å². The maximum absolute atomic E-state index is 12.6. The van der Waals surface area contributed by atoms with Gasteiger partial charge in [0, 0.05) is 10.7 Å². The zero-order valence-electron chi connectivity index (χ0n) is 15.1. The lowest BCUT2D eigenvalue weighted by molar-refractivity contribution is 0.0696. The minimum atomic E-state index is -4.05. The predicted molar refractivity (Wildman–Crippen MR) is 113 cm³/mol. The fourth-order valence-corrected chi connectivity index (χ4v) is 4.73. The number of halogens is 1. The Morgan fingerprint density at radius 1 is 0.733 bits per heavy atom. The average Bonchev–Trinajstić information content (AvgIpc) is 2.69. The first-order valence-corrected chi connectivity index (χ1v) is 11.7. The van der Waals surface area contributed by atoms with Crippen LogP contribution in [0.2, 0.25) is 5.02 Å². The van der Waals surface area contributed by atoms with Gasteiger partial charge in [0.2, 0.25) is 0 Å². The van der Waals surface area contributed by atoms with Gasteiger partial charge in [0.15, 0.2) is 0 Å². The highest BCUT2D eigenvalue weighted by Crippen LogP contribution is 2.22. The van der Waals surface area contributed by atoms with E-state index in [2.05, 4.69) is 9.44 Å². The normalized spacial score (nSPS) is 11.6. The van der Waals surface area contributed by atoms with Crippen LogP contribution in [0.15, 0.2) is 82.6 Å². The molecule has 0 unspecified atom stereocenters. The summed E-state index contributed by atoms with van der Waals surface area (Å²) in [6.45, 7) is 0. The van der Waals surface area contributed by atoms with E-state index in [1.54, 1.807) is 0 Å². The maximum Gasteiger partial charge on any atom is 0.335 e. The third kappa shape index (κ3) is 5.09. The Hall–Kier alpha value is -3.08. The minimum Gasteiger partial charge on any atom is -0.478 e. The van der Waals surface area contributed by atoms with E-state index >= 15 is 0 Å². The molecule has 0 spiro atoms. The summed E-state index contributed by atoms with van der Waals surface area (Å²) in [7, 11) is -8.03. The summed E-state index contributed by atoms with van der Waals surface area (Å²) >= 11 is 5.79. The summed E-state index contributed by atoms with van der Waals surface area (Å²) in [6.07, 6.45) is 0. The molecule has 0 aliphatic carbocycles. The van der Waals surface area contributed by atoms with Gasteiger partial charge in [-0.25, -0.2) is 21.6 Å². The van der Waals surface area contributed by atoms with Crippen LogP contribution in [0.1, 0.15) is 10.4 Å². The number of nitrogens with one attached hydrogen (secondary N) is 2. The smallest absolute Gasteiger partial charge is 0.335 e. The van der Waals surface area contributed by atoms with Gasteiger partial charge in [-0.2, -0.15) is 0 Å². The molecule has 0 atom stereocenters. The lowest BCUT2D eigenvalue weighted by Gasteiger charge is -2.11. The van der Waals surface area contributed by atoms with Gasteiger partial charge in [-0.1, -0.05) is 17.7 Å². The molecule has 0 saturated heterocycles. The van der Waals surface area contributed by atoms with E-state index in [0.29, 0.717) is 10.7 Å². The van der Waals surface area contributed by atoms with Crippen molar-refractivity contribution in [3.05, 3.63) is 83.4 Å². The number of hydrogen-bond acceptors (Lipinski definition) is 5. The first-order chi connectivity index (χ1) is 14.1. The Balaban J connectivity index is 1.83. The summed E-state index contributed by atoms with van der Waals surface area (Å²) in [5.74, 6) is -1.18. The van der Waals surface area contributed by atoms with Crippen LogP contribution in [0.25, 0.3) is 0 Å². The molecule has 11 heteroatoms. The highest BCUT2D eigenvalue weighted by Gasteiger charge is 2.18. The van der Waals surface area contributed by atoms with Gasteiger partial charge >= 0.3 is 5.97 Å². The van der Waals surface area contributed by atoms with Crippen LogP contribution in [-0.4, -0.2) is 27.9 Å². The molecular formula is C19H15ClN2O6S2. The summed E-state index contributed by atoms with van der Waals surface area (Å²) in [4.78, 5) is 10.6. The first-order valence-electron chi connectivity index (χ1n) is 8.31. The van der Waals surface area contributed by atoms with Crippen LogP contribution in [0, 0.1) is 0 Å². The largest absolute Gasteiger partial charge is 0.478 e. The number of benzene rings is 3. The molecule has 0 bridgehead atoms. The van der Waals surface area contributed by atoms with Crippen molar-refractivity contribution in [3.63, 3.8) is 0 Å². The molecule has 0 aliphatic rings. The quantitative estimate of drug-likeness (QED) is 0.487. The van der Waals surface area contributed by atoms with E-state index in [0.717, 1.165) is 24.3 Å². The monoisotopic (exact) mass is 466 g/mol. The second-order valence-electron chi connectivity index (χ2n) is 6.08. The summed E-state index contributed by atoms with van der Waals surface area (Å²) in [6, 6.07) is 15.9. The predicted octanol–water partition coefficient (Wildman–Crippen LogP) is 3.64. The van der Waals surface area contributed by atoms with E-state index in [-0.39, 0.29) is 21.0 Å². The topological polar surface area (TPSA) is 130 Å². The summed E-state index contributed by atoms with van der Waals surface area (Å²) in [5.41, 5.74) is 0.260. The Kier molecular flexibility index (Phi) is 6.01. The van der Waals surface area contributed by atoms with Crippen molar-refractivity contribution in [2.45, 2.75) is 9.79 Å². The molecule has 3 N–H and O–H groups in total. The summed E-state index contributed by atoms with van der Waals surface area (Å²) < 4.78 is 54.9. The molecule has 0 saturated carbocycles. The van der Waals surface area contributed by atoms with E-state index in [9.17, 15) is 21.6 Å². The number of rotatable bonds is 7. The molecule has 156 valence electrons. The average molecular weight is 467 g/mol. The molecule has 0 aromatic heterocycles. The van der Waals surface area contributed by atoms with Crippen molar-refractivity contribution >= 4 is 49.0 Å². The first kappa shape index (κ1) is 21.6. The van der Waals surface area contributed by atoms with Crippen LogP contribution in [-0.2, 0) is 20.0 Å². The second-order valence-corrected chi connectivity index (χ2v) is 9.88. The molecule has 3 rings (SSSR count). The third-order valence-electron chi connectivity index (χ3n) is 3.90. The van der Waals surface area contributed by atoms with Crippen LogP contribution >= 0.6 is 11.6 Å². The fraction of sp³-hybridized carbons (Fsp3) is 0. The fourth-order valence-electron chi connectivity index (χ4n) is 2.45. The molecular weight excluding hydrogens is 452 g/mol. The lowest BCUT2D eigenvalue weighted by atomic mass is 10.2. The molecule has 0 fully saturated rings. The third-order valence-corrected chi connectivity index (χ3v) is 6.93. The van der Waals surface area contributed by atoms with E-state index < -0.39 is 26.0 Å².